The second-order valence-corrected chi connectivity index (χ2v) is 7.85. The molecular weight excluding hydrogens is 372 g/mol. The van der Waals surface area contributed by atoms with Gasteiger partial charge in [0.05, 0.1) is 0 Å². The lowest BCUT2D eigenvalue weighted by Gasteiger charge is -2.26. The van der Waals surface area contributed by atoms with Gasteiger partial charge in [-0.15, -0.1) is 0 Å². The standard InChI is InChI=1S/C21H28N4O4/c1-21(2,13-22-11-19(24-28)15-3-7-17(26)8-4-15)14-23-12-20(25-29)16-5-9-18(27)10-6-16/h3-10,19-20,22-23,26-27H,11-14H2,1-2H3. The minimum absolute atomic E-state index is 0.134. The Morgan fingerprint density at radius 1 is 0.759 bits per heavy atom. The predicted octanol–water partition coefficient (Wildman–Crippen LogP) is 3.62. The van der Waals surface area contributed by atoms with Gasteiger partial charge in [-0.1, -0.05) is 48.5 Å². The van der Waals surface area contributed by atoms with Crippen LogP contribution in [0.15, 0.2) is 58.9 Å². The highest BCUT2D eigenvalue weighted by molar-refractivity contribution is 5.29. The molecular formula is C21H28N4O4. The van der Waals surface area contributed by atoms with Crippen molar-refractivity contribution >= 4 is 0 Å². The van der Waals surface area contributed by atoms with E-state index in [9.17, 15) is 20.0 Å². The van der Waals surface area contributed by atoms with Gasteiger partial charge in [-0.05, 0) is 40.8 Å². The molecule has 2 aromatic carbocycles. The highest BCUT2D eigenvalue weighted by Gasteiger charge is 2.20. The number of rotatable bonds is 12. The SMILES string of the molecule is CC(C)(CNCC(N=O)c1ccc(O)cc1)CNCC(N=O)c1ccc(O)cc1. The summed E-state index contributed by atoms with van der Waals surface area (Å²) in [5.41, 5.74) is 1.36. The van der Waals surface area contributed by atoms with Crippen LogP contribution in [0, 0.1) is 15.2 Å². The molecule has 0 spiro atoms. The van der Waals surface area contributed by atoms with E-state index in [0.717, 1.165) is 11.1 Å². The van der Waals surface area contributed by atoms with E-state index < -0.39 is 12.1 Å². The molecule has 4 N–H and O–H groups in total. The van der Waals surface area contributed by atoms with Gasteiger partial charge in [-0.25, -0.2) is 0 Å². The third-order valence-corrected chi connectivity index (χ3v) is 4.69. The molecule has 0 aliphatic rings. The molecule has 0 aromatic heterocycles. The molecule has 2 rings (SSSR count). The molecule has 0 saturated carbocycles. The Bertz CT molecular complexity index is 713. The van der Waals surface area contributed by atoms with Gasteiger partial charge in [0, 0.05) is 26.2 Å². The molecule has 8 heteroatoms. The quantitative estimate of drug-likeness (QED) is 0.404. The smallest absolute Gasteiger partial charge is 0.129 e. The van der Waals surface area contributed by atoms with E-state index in [1.165, 1.54) is 24.3 Å². The molecule has 0 aliphatic carbocycles. The third-order valence-electron chi connectivity index (χ3n) is 4.69. The minimum atomic E-state index is -0.530. The number of hydrogen-bond donors (Lipinski definition) is 4. The van der Waals surface area contributed by atoms with Gasteiger partial charge in [0.1, 0.15) is 23.6 Å². The summed E-state index contributed by atoms with van der Waals surface area (Å²) < 4.78 is 0. The van der Waals surface area contributed by atoms with Crippen LogP contribution in [-0.2, 0) is 0 Å². The maximum atomic E-state index is 11.2. The molecule has 0 aliphatic heterocycles. The maximum Gasteiger partial charge on any atom is 0.129 e. The van der Waals surface area contributed by atoms with E-state index >= 15 is 0 Å². The van der Waals surface area contributed by atoms with E-state index in [2.05, 4.69) is 34.8 Å². The molecule has 0 radical (unpaired) electrons. The molecule has 0 heterocycles. The lowest BCUT2D eigenvalue weighted by atomic mass is 9.93. The Balaban J connectivity index is 1.78. The van der Waals surface area contributed by atoms with Crippen molar-refractivity contribution in [3.8, 4) is 11.5 Å². The van der Waals surface area contributed by atoms with Crippen LogP contribution in [0.25, 0.3) is 0 Å². The summed E-state index contributed by atoms with van der Waals surface area (Å²) in [6.45, 7) is 6.21. The van der Waals surface area contributed by atoms with E-state index in [1.807, 2.05) is 0 Å². The van der Waals surface area contributed by atoms with E-state index in [4.69, 9.17) is 0 Å². The zero-order valence-corrected chi connectivity index (χ0v) is 16.7. The summed E-state index contributed by atoms with van der Waals surface area (Å²) in [4.78, 5) is 22.3. The molecule has 0 bridgehead atoms. The van der Waals surface area contributed by atoms with Gasteiger partial charge in [-0.3, -0.25) is 0 Å². The maximum absolute atomic E-state index is 11.2. The fraction of sp³-hybridized carbons (Fsp3) is 0.429. The fourth-order valence-corrected chi connectivity index (χ4v) is 2.98. The van der Waals surface area contributed by atoms with Gasteiger partial charge >= 0.3 is 0 Å². The van der Waals surface area contributed by atoms with Crippen LogP contribution >= 0.6 is 0 Å². The Morgan fingerprint density at radius 3 is 1.41 bits per heavy atom. The van der Waals surface area contributed by atoms with Crippen molar-refractivity contribution in [3.05, 3.63) is 69.5 Å². The Kier molecular flexibility index (Phi) is 8.23. The van der Waals surface area contributed by atoms with Crippen molar-refractivity contribution < 1.29 is 10.2 Å². The van der Waals surface area contributed by atoms with Crippen LogP contribution < -0.4 is 10.6 Å². The fourth-order valence-electron chi connectivity index (χ4n) is 2.98. The first kappa shape index (κ1) is 22.4. The first-order chi connectivity index (χ1) is 13.8. The molecule has 0 saturated heterocycles. The molecule has 156 valence electrons. The number of aromatic hydroxyl groups is 2. The second-order valence-electron chi connectivity index (χ2n) is 7.85. The number of phenolic OH excluding ortho intramolecular Hbond substituents is 2. The normalized spacial score (nSPS) is 13.6. The van der Waals surface area contributed by atoms with Gasteiger partial charge in [0.15, 0.2) is 0 Å². The molecule has 0 amide bonds. The Labute approximate surface area is 170 Å². The lowest BCUT2D eigenvalue weighted by molar-refractivity contribution is 0.314. The molecule has 0 fully saturated rings. The van der Waals surface area contributed by atoms with Crippen LogP contribution in [0.5, 0.6) is 11.5 Å². The van der Waals surface area contributed by atoms with Crippen molar-refractivity contribution in [2.75, 3.05) is 26.2 Å². The topological polar surface area (TPSA) is 123 Å². The van der Waals surface area contributed by atoms with Crippen molar-refractivity contribution in [1.29, 1.82) is 0 Å². The summed E-state index contributed by atoms with van der Waals surface area (Å²) >= 11 is 0. The monoisotopic (exact) mass is 400 g/mol. The number of phenols is 2. The van der Waals surface area contributed by atoms with Crippen molar-refractivity contribution in [1.82, 2.24) is 10.6 Å². The Hall–Kier alpha value is -2.84. The molecule has 2 aromatic rings. The van der Waals surface area contributed by atoms with E-state index in [0.29, 0.717) is 26.2 Å². The summed E-state index contributed by atoms with van der Waals surface area (Å²) in [7, 11) is 0. The van der Waals surface area contributed by atoms with Crippen molar-refractivity contribution in [2.24, 2.45) is 15.8 Å². The van der Waals surface area contributed by atoms with Crippen molar-refractivity contribution in [3.63, 3.8) is 0 Å². The third kappa shape index (κ3) is 7.24. The van der Waals surface area contributed by atoms with Gasteiger partial charge in [0.25, 0.3) is 0 Å². The zero-order valence-electron chi connectivity index (χ0n) is 16.7. The van der Waals surface area contributed by atoms with Crippen molar-refractivity contribution in [2.45, 2.75) is 25.9 Å². The van der Waals surface area contributed by atoms with Crippen LogP contribution in [0.2, 0.25) is 0 Å². The Morgan fingerprint density at radius 2 is 1.10 bits per heavy atom. The number of nitrogens with one attached hydrogen (secondary N) is 2. The largest absolute Gasteiger partial charge is 0.508 e. The highest BCUT2D eigenvalue weighted by Crippen LogP contribution is 2.21. The van der Waals surface area contributed by atoms with Crippen LogP contribution in [0.1, 0.15) is 37.1 Å². The number of hydrogen-bond acceptors (Lipinski definition) is 8. The predicted molar refractivity (Wildman–Crippen MR) is 113 cm³/mol. The van der Waals surface area contributed by atoms with Gasteiger partial charge in [-0.2, -0.15) is 9.81 Å². The van der Waals surface area contributed by atoms with E-state index in [-0.39, 0.29) is 16.9 Å². The average molecular weight is 400 g/mol. The second kappa shape index (κ2) is 10.6. The summed E-state index contributed by atoms with van der Waals surface area (Å²) in [6, 6.07) is 11.8. The van der Waals surface area contributed by atoms with Crippen LogP contribution in [-0.4, -0.2) is 36.4 Å². The average Bonchev–Trinajstić information content (AvgIpc) is 2.70. The summed E-state index contributed by atoms with van der Waals surface area (Å²) in [5, 5.41) is 31.6. The van der Waals surface area contributed by atoms with Gasteiger partial charge in [0.2, 0.25) is 0 Å². The van der Waals surface area contributed by atoms with Crippen LogP contribution in [0.4, 0.5) is 0 Å². The van der Waals surface area contributed by atoms with Gasteiger partial charge < -0.3 is 20.8 Å². The zero-order chi connectivity index (χ0) is 21.3. The first-order valence-electron chi connectivity index (χ1n) is 9.49. The number of benzene rings is 2. The number of nitroso groups, excluding NO2 is 2. The molecule has 2 atom stereocenters. The minimum Gasteiger partial charge on any atom is -0.508 e. The summed E-state index contributed by atoms with van der Waals surface area (Å²) in [5.74, 6) is 0.294. The lowest BCUT2D eigenvalue weighted by Crippen LogP contribution is -2.40. The molecule has 29 heavy (non-hydrogen) atoms. The first-order valence-corrected chi connectivity index (χ1v) is 9.49. The van der Waals surface area contributed by atoms with E-state index in [1.54, 1.807) is 24.3 Å². The van der Waals surface area contributed by atoms with Crippen LogP contribution in [0.3, 0.4) is 0 Å². The number of nitrogens with zero attached hydrogens (tertiary/aromatic N) is 2. The molecule has 8 nitrogen and oxygen atoms in total. The molecule has 2 unspecified atom stereocenters. The highest BCUT2D eigenvalue weighted by atomic mass is 16.3. The summed E-state index contributed by atoms with van der Waals surface area (Å²) in [6.07, 6.45) is 0.